The van der Waals surface area contributed by atoms with E-state index in [0.717, 1.165) is 57.8 Å². The summed E-state index contributed by atoms with van der Waals surface area (Å²) >= 11 is 0. The standard InChI is InChI=1S/C54H99NO3/c1-3-5-7-9-11-13-15-17-19-20-21-22-23-24-25-26-27-28-29-30-31-32-33-34-36-38-40-42-44-46-48-50-54(58)55-52(51-56)53(57)49-47-45-43-41-39-37-35-18-16-14-12-10-8-6-4-2/h5,7,11,13,17,19,21-22,24-25,52-53,56-57H,3-4,6,8-10,12,14-16,18,20,23,26-51H2,1-2H3,(H,55,58)/b7-5-,13-11-,19-17-,22-21-,25-24-. The molecule has 338 valence electrons. The maximum Gasteiger partial charge on any atom is 0.220 e. The predicted molar refractivity (Wildman–Crippen MR) is 258 cm³/mol. The lowest BCUT2D eigenvalue weighted by molar-refractivity contribution is -0.123. The van der Waals surface area contributed by atoms with Crippen molar-refractivity contribution >= 4 is 5.91 Å². The van der Waals surface area contributed by atoms with E-state index in [2.05, 4.69) is 79.9 Å². The number of carbonyl (C=O) groups is 1. The fourth-order valence-corrected chi connectivity index (χ4v) is 7.68. The van der Waals surface area contributed by atoms with Gasteiger partial charge in [0, 0.05) is 6.42 Å². The zero-order valence-electron chi connectivity index (χ0n) is 38.8. The summed E-state index contributed by atoms with van der Waals surface area (Å²) in [6.07, 6.45) is 69.0. The SMILES string of the molecule is CC/C=C\C/C=C\C/C=C\C/C=C\C/C=C\CCCCCCCCCCCCCCCCCC(=O)NC(CO)C(O)CCCCCCCCCCCCCCCCC. The number of unbranched alkanes of at least 4 members (excludes halogenated alkanes) is 29. The molecule has 0 aromatic rings. The lowest BCUT2D eigenvalue weighted by atomic mass is 10.0. The molecule has 2 atom stereocenters. The van der Waals surface area contributed by atoms with Gasteiger partial charge in [-0.2, -0.15) is 0 Å². The minimum atomic E-state index is -0.660. The van der Waals surface area contributed by atoms with Crippen LogP contribution in [0.25, 0.3) is 0 Å². The zero-order valence-corrected chi connectivity index (χ0v) is 38.8. The van der Waals surface area contributed by atoms with Gasteiger partial charge in [-0.05, 0) is 57.8 Å². The molecule has 0 aromatic carbocycles. The fourth-order valence-electron chi connectivity index (χ4n) is 7.68. The van der Waals surface area contributed by atoms with Gasteiger partial charge >= 0.3 is 0 Å². The van der Waals surface area contributed by atoms with Gasteiger partial charge in [-0.1, -0.05) is 254 Å². The van der Waals surface area contributed by atoms with Crippen LogP contribution in [-0.2, 0) is 4.79 Å². The van der Waals surface area contributed by atoms with Gasteiger partial charge in [0.1, 0.15) is 0 Å². The lowest BCUT2D eigenvalue weighted by Gasteiger charge is -2.22. The predicted octanol–water partition coefficient (Wildman–Crippen LogP) is 16.5. The molecule has 0 spiro atoms. The molecule has 0 heterocycles. The quantitative estimate of drug-likeness (QED) is 0.0424. The molecule has 4 heteroatoms. The van der Waals surface area contributed by atoms with Crippen molar-refractivity contribution in [3.8, 4) is 0 Å². The van der Waals surface area contributed by atoms with E-state index in [1.165, 1.54) is 173 Å². The summed E-state index contributed by atoms with van der Waals surface area (Å²) in [5, 5.41) is 23.2. The van der Waals surface area contributed by atoms with E-state index in [0.29, 0.717) is 12.8 Å². The van der Waals surface area contributed by atoms with Gasteiger partial charge in [0.25, 0.3) is 0 Å². The van der Waals surface area contributed by atoms with Crippen molar-refractivity contribution < 1.29 is 15.0 Å². The number of hydrogen-bond acceptors (Lipinski definition) is 3. The Hall–Kier alpha value is -1.91. The molecule has 0 fully saturated rings. The topological polar surface area (TPSA) is 69.6 Å². The Labute approximate surface area is 362 Å². The minimum Gasteiger partial charge on any atom is -0.394 e. The Bertz CT molecular complexity index is 965. The van der Waals surface area contributed by atoms with Crippen LogP contribution in [0.3, 0.4) is 0 Å². The molecule has 0 aliphatic rings. The average Bonchev–Trinajstić information content (AvgIpc) is 3.23. The first kappa shape index (κ1) is 56.1. The third-order valence-corrected chi connectivity index (χ3v) is 11.5. The number of nitrogens with one attached hydrogen (secondary N) is 1. The molecule has 1 amide bonds. The highest BCUT2D eigenvalue weighted by molar-refractivity contribution is 5.76. The van der Waals surface area contributed by atoms with Gasteiger partial charge in [0.15, 0.2) is 0 Å². The number of carbonyl (C=O) groups excluding carboxylic acids is 1. The molecule has 4 nitrogen and oxygen atoms in total. The fraction of sp³-hybridized carbons (Fsp3) is 0.796. The van der Waals surface area contributed by atoms with Gasteiger partial charge in [-0.15, -0.1) is 0 Å². The Morgan fingerprint density at radius 2 is 0.759 bits per heavy atom. The van der Waals surface area contributed by atoms with E-state index in [9.17, 15) is 15.0 Å². The summed E-state index contributed by atoms with van der Waals surface area (Å²) in [6.45, 7) is 4.25. The lowest BCUT2D eigenvalue weighted by Crippen LogP contribution is -2.45. The molecule has 2 unspecified atom stereocenters. The summed E-state index contributed by atoms with van der Waals surface area (Å²) in [6, 6.07) is -0.537. The molecule has 0 aliphatic carbocycles. The molecular weight excluding hydrogens is 711 g/mol. The van der Waals surface area contributed by atoms with E-state index in [4.69, 9.17) is 0 Å². The molecule has 3 N–H and O–H groups in total. The van der Waals surface area contributed by atoms with Crippen molar-refractivity contribution in [2.75, 3.05) is 6.61 Å². The van der Waals surface area contributed by atoms with E-state index >= 15 is 0 Å². The highest BCUT2D eigenvalue weighted by Gasteiger charge is 2.20. The third kappa shape index (κ3) is 45.2. The molecule has 0 rings (SSSR count). The van der Waals surface area contributed by atoms with Crippen LogP contribution < -0.4 is 5.32 Å². The van der Waals surface area contributed by atoms with Crippen LogP contribution in [-0.4, -0.2) is 34.9 Å². The first-order valence-corrected chi connectivity index (χ1v) is 25.5. The number of amides is 1. The van der Waals surface area contributed by atoms with Gasteiger partial charge < -0.3 is 15.5 Å². The van der Waals surface area contributed by atoms with E-state index < -0.39 is 12.1 Å². The molecule has 0 aromatic heterocycles. The van der Waals surface area contributed by atoms with Crippen LogP contribution in [0.15, 0.2) is 60.8 Å². The molecular formula is C54H99NO3. The highest BCUT2D eigenvalue weighted by Crippen LogP contribution is 2.16. The Kier molecular flexibility index (Phi) is 47.8. The van der Waals surface area contributed by atoms with Crippen molar-refractivity contribution in [2.24, 2.45) is 0 Å². The first-order valence-electron chi connectivity index (χ1n) is 25.5. The normalized spacial score (nSPS) is 13.4. The second kappa shape index (κ2) is 49.5. The molecule has 0 aliphatic heterocycles. The third-order valence-electron chi connectivity index (χ3n) is 11.5. The van der Waals surface area contributed by atoms with Gasteiger partial charge in [0.05, 0.1) is 18.8 Å². The van der Waals surface area contributed by atoms with Crippen LogP contribution in [0.1, 0.15) is 258 Å². The van der Waals surface area contributed by atoms with Crippen molar-refractivity contribution in [1.29, 1.82) is 0 Å². The van der Waals surface area contributed by atoms with Gasteiger partial charge in [-0.25, -0.2) is 0 Å². The summed E-state index contributed by atoms with van der Waals surface area (Å²) in [4.78, 5) is 12.5. The molecule has 0 saturated heterocycles. The number of rotatable bonds is 46. The number of allylic oxidation sites excluding steroid dienone is 10. The Balaban J connectivity index is 3.47. The largest absolute Gasteiger partial charge is 0.394 e. The number of aliphatic hydroxyl groups excluding tert-OH is 2. The van der Waals surface area contributed by atoms with Crippen molar-refractivity contribution in [3.63, 3.8) is 0 Å². The monoisotopic (exact) mass is 810 g/mol. The van der Waals surface area contributed by atoms with Crippen molar-refractivity contribution in [3.05, 3.63) is 60.8 Å². The van der Waals surface area contributed by atoms with E-state index in [-0.39, 0.29) is 12.5 Å². The van der Waals surface area contributed by atoms with Crippen LogP contribution in [0.4, 0.5) is 0 Å². The van der Waals surface area contributed by atoms with Crippen molar-refractivity contribution in [1.82, 2.24) is 5.32 Å². The van der Waals surface area contributed by atoms with Crippen LogP contribution >= 0.6 is 0 Å². The molecule has 0 bridgehead atoms. The van der Waals surface area contributed by atoms with Crippen molar-refractivity contribution in [2.45, 2.75) is 270 Å². The van der Waals surface area contributed by atoms with Gasteiger partial charge in [0.2, 0.25) is 5.91 Å². The number of hydrogen-bond donors (Lipinski definition) is 3. The zero-order chi connectivity index (χ0) is 42.1. The maximum absolute atomic E-state index is 12.5. The Morgan fingerprint density at radius 3 is 1.14 bits per heavy atom. The summed E-state index contributed by atoms with van der Waals surface area (Å²) in [5.41, 5.74) is 0. The smallest absolute Gasteiger partial charge is 0.220 e. The number of aliphatic hydroxyl groups is 2. The first-order chi connectivity index (χ1) is 28.7. The summed E-state index contributed by atoms with van der Waals surface area (Å²) < 4.78 is 0. The van der Waals surface area contributed by atoms with E-state index in [1.54, 1.807) is 0 Å². The van der Waals surface area contributed by atoms with Gasteiger partial charge in [-0.3, -0.25) is 4.79 Å². The molecule has 0 radical (unpaired) electrons. The van der Waals surface area contributed by atoms with E-state index in [1.807, 2.05) is 0 Å². The summed E-state index contributed by atoms with van der Waals surface area (Å²) in [7, 11) is 0. The second-order valence-corrected chi connectivity index (χ2v) is 17.2. The molecule has 58 heavy (non-hydrogen) atoms. The Morgan fingerprint density at radius 1 is 0.431 bits per heavy atom. The minimum absolute atomic E-state index is 0.0315. The van der Waals surface area contributed by atoms with Crippen LogP contribution in [0.2, 0.25) is 0 Å². The highest BCUT2D eigenvalue weighted by atomic mass is 16.3. The van der Waals surface area contributed by atoms with Crippen LogP contribution in [0.5, 0.6) is 0 Å². The summed E-state index contributed by atoms with van der Waals surface area (Å²) in [5.74, 6) is -0.0315. The second-order valence-electron chi connectivity index (χ2n) is 17.2. The maximum atomic E-state index is 12.5. The average molecular weight is 810 g/mol. The molecule has 0 saturated carbocycles. The van der Waals surface area contributed by atoms with Crippen LogP contribution in [0, 0.1) is 0 Å².